The fourth-order valence-electron chi connectivity index (χ4n) is 1.64. The molecule has 4 nitrogen and oxygen atoms in total. The number of aliphatic hydroxyl groups is 2. The molecule has 0 radical (unpaired) electrons. The number of aliphatic hydroxyl groups excluding tert-OH is 2. The Morgan fingerprint density at radius 2 is 1.65 bits per heavy atom. The van der Waals surface area contributed by atoms with E-state index in [1.54, 1.807) is 12.1 Å². The first-order valence-electron chi connectivity index (χ1n) is 5.39. The van der Waals surface area contributed by atoms with Crippen LogP contribution in [-0.4, -0.2) is 36.6 Å². The monoisotopic (exact) mass is 258 g/mol. The first kappa shape index (κ1) is 12.8. The summed E-state index contributed by atoms with van der Waals surface area (Å²) in [5.41, 5.74) is 0.182. The Hall–Kier alpha value is -0.650. The second-order valence-electron chi connectivity index (χ2n) is 4.32. The summed E-state index contributed by atoms with van der Waals surface area (Å²) in [6, 6.07) is 7.20. The van der Waals surface area contributed by atoms with Gasteiger partial charge >= 0.3 is 0 Å². The van der Waals surface area contributed by atoms with Gasteiger partial charge in [-0.05, 0) is 12.1 Å². The van der Waals surface area contributed by atoms with Crippen LogP contribution >= 0.6 is 11.6 Å². The molecule has 0 aromatic heterocycles. The normalized spacial score (nSPS) is 20.4. The first-order valence-corrected chi connectivity index (χ1v) is 5.77. The Morgan fingerprint density at radius 3 is 2.12 bits per heavy atom. The van der Waals surface area contributed by atoms with Crippen molar-refractivity contribution in [3.63, 3.8) is 0 Å². The number of hydrogen-bond donors (Lipinski definition) is 2. The minimum absolute atomic E-state index is 0.156. The molecule has 17 heavy (non-hydrogen) atoms. The molecule has 0 spiro atoms. The summed E-state index contributed by atoms with van der Waals surface area (Å²) >= 11 is 5.79. The summed E-state index contributed by atoms with van der Waals surface area (Å²) in [6.45, 7) is 0.230. The van der Waals surface area contributed by atoms with E-state index in [0.29, 0.717) is 5.02 Å². The molecule has 0 bridgehead atoms. The van der Waals surface area contributed by atoms with Gasteiger partial charge in [0.2, 0.25) is 0 Å². The zero-order chi connectivity index (χ0) is 12.3. The van der Waals surface area contributed by atoms with E-state index >= 15 is 0 Å². The Labute approximate surface area is 105 Å². The number of hydrogen-bond acceptors (Lipinski definition) is 4. The lowest BCUT2D eigenvalue weighted by molar-refractivity contribution is -0.248. The lowest BCUT2D eigenvalue weighted by Gasteiger charge is -2.37. The van der Waals surface area contributed by atoms with E-state index in [2.05, 4.69) is 0 Å². The Bertz CT molecular complexity index is 351. The summed E-state index contributed by atoms with van der Waals surface area (Å²) < 4.78 is 11.0. The SMILES string of the molecule is OCC1(CO)COC(c2ccc(Cl)cc2)OC1. The van der Waals surface area contributed by atoms with E-state index in [-0.39, 0.29) is 26.4 Å². The second kappa shape index (κ2) is 5.33. The third-order valence-electron chi connectivity index (χ3n) is 2.89. The predicted molar refractivity (Wildman–Crippen MR) is 62.7 cm³/mol. The second-order valence-corrected chi connectivity index (χ2v) is 4.76. The number of halogens is 1. The molecule has 5 heteroatoms. The molecule has 1 aromatic carbocycles. The van der Waals surface area contributed by atoms with Crippen LogP contribution < -0.4 is 0 Å². The highest BCUT2D eigenvalue weighted by atomic mass is 35.5. The van der Waals surface area contributed by atoms with Crippen LogP contribution in [0.2, 0.25) is 5.02 Å². The largest absolute Gasteiger partial charge is 0.396 e. The molecule has 0 aliphatic carbocycles. The average Bonchev–Trinajstić information content (AvgIpc) is 2.40. The van der Waals surface area contributed by atoms with Crippen molar-refractivity contribution in [3.8, 4) is 0 Å². The van der Waals surface area contributed by atoms with Crippen molar-refractivity contribution in [1.29, 1.82) is 0 Å². The van der Waals surface area contributed by atoms with Crippen LogP contribution in [-0.2, 0) is 9.47 Å². The van der Waals surface area contributed by atoms with E-state index in [0.717, 1.165) is 5.56 Å². The summed E-state index contributed by atoms with van der Waals surface area (Å²) in [5.74, 6) is 0. The van der Waals surface area contributed by atoms with Crippen molar-refractivity contribution < 1.29 is 19.7 Å². The van der Waals surface area contributed by atoms with Crippen molar-refractivity contribution in [1.82, 2.24) is 0 Å². The number of rotatable bonds is 3. The van der Waals surface area contributed by atoms with Crippen molar-refractivity contribution in [2.45, 2.75) is 6.29 Å². The molecule has 2 rings (SSSR count). The molecule has 0 amide bonds. The van der Waals surface area contributed by atoms with Crippen LogP contribution in [0.5, 0.6) is 0 Å². The Balaban J connectivity index is 2.01. The smallest absolute Gasteiger partial charge is 0.183 e. The van der Waals surface area contributed by atoms with Gasteiger partial charge < -0.3 is 19.7 Å². The van der Waals surface area contributed by atoms with Gasteiger partial charge in [-0.3, -0.25) is 0 Å². The fourth-order valence-corrected chi connectivity index (χ4v) is 1.77. The lowest BCUT2D eigenvalue weighted by Crippen LogP contribution is -2.44. The molecular formula is C12H15ClO4. The van der Waals surface area contributed by atoms with E-state index in [1.165, 1.54) is 0 Å². The minimum Gasteiger partial charge on any atom is -0.396 e. The van der Waals surface area contributed by atoms with Crippen LogP contribution in [0.25, 0.3) is 0 Å². The molecule has 1 aliphatic heterocycles. The molecule has 1 aromatic rings. The molecule has 94 valence electrons. The van der Waals surface area contributed by atoms with E-state index in [9.17, 15) is 10.2 Å². The maximum absolute atomic E-state index is 9.20. The van der Waals surface area contributed by atoms with Crippen molar-refractivity contribution in [2.75, 3.05) is 26.4 Å². The van der Waals surface area contributed by atoms with Gasteiger partial charge in [-0.15, -0.1) is 0 Å². The standard InChI is InChI=1S/C12H15ClO4/c13-10-3-1-9(2-4-10)11-16-7-12(5-14,6-15)8-17-11/h1-4,11,14-15H,5-8H2. The molecule has 1 fully saturated rings. The molecule has 2 N–H and O–H groups in total. The van der Waals surface area contributed by atoms with Gasteiger partial charge in [0.1, 0.15) is 0 Å². The molecular weight excluding hydrogens is 244 g/mol. The molecule has 1 heterocycles. The quantitative estimate of drug-likeness (QED) is 0.860. The van der Waals surface area contributed by atoms with Crippen molar-refractivity contribution in [2.24, 2.45) is 5.41 Å². The van der Waals surface area contributed by atoms with Gasteiger partial charge in [-0.25, -0.2) is 0 Å². The van der Waals surface area contributed by atoms with Gasteiger partial charge in [0.25, 0.3) is 0 Å². The Morgan fingerprint density at radius 1 is 1.12 bits per heavy atom. The van der Waals surface area contributed by atoms with Gasteiger partial charge in [-0.2, -0.15) is 0 Å². The molecule has 0 unspecified atom stereocenters. The summed E-state index contributed by atoms with van der Waals surface area (Å²) in [7, 11) is 0. The van der Waals surface area contributed by atoms with E-state index < -0.39 is 11.7 Å². The minimum atomic E-state index is -0.692. The van der Waals surface area contributed by atoms with Crippen LogP contribution in [0.4, 0.5) is 0 Å². The van der Waals surface area contributed by atoms with Gasteiger partial charge in [0, 0.05) is 10.6 Å². The number of benzene rings is 1. The third kappa shape index (κ3) is 2.78. The van der Waals surface area contributed by atoms with Crippen LogP contribution in [0.15, 0.2) is 24.3 Å². The maximum atomic E-state index is 9.20. The highest BCUT2D eigenvalue weighted by molar-refractivity contribution is 6.30. The van der Waals surface area contributed by atoms with Crippen molar-refractivity contribution in [3.05, 3.63) is 34.9 Å². The van der Waals surface area contributed by atoms with E-state index in [4.69, 9.17) is 21.1 Å². The fraction of sp³-hybridized carbons (Fsp3) is 0.500. The number of ether oxygens (including phenoxy) is 2. The van der Waals surface area contributed by atoms with Crippen LogP contribution in [0.3, 0.4) is 0 Å². The zero-order valence-electron chi connectivity index (χ0n) is 9.30. The summed E-state index contributed by atoms with van der Waals surface area (Å²) in [4.78, 5) is 0. The lowest BCUT2D eigenvalue weighted by atomic mass is 9.91. The van der Waals surface area contributed by atoms with Gasteiger partial charge in [0.15, 0.2) is 6.29 Å². The zero-order valence-corrected chi connectivity index (χ0v) is 10.1. The highest BCUT2D eigenvalue weighted by Crippen LogP contribution is 2.31. The summed E-state index contributed by atoms with van der Waals surface area (Å²) in [6.07, 6.45) is -0.460. The maximum Gasteiger partial charge on any atom is 0.183 e. The molecule has 1 aliphatic rings. The van der Waals surface area contributed by atoms with Crippen LogP contribution in [0, 0.1) is 5.41 Å². The average molecular weight is 259 g/mol. The predicted octanol–water partition coefficient (Wildman–Crippen LogP) is 1.36. The van der Waals surface area contributed by atoms with Gasteiger partial charge in [0.05, 0.1) is 31.8 Å². The van der Waals surface area contributed by atoms with Crippen molar-refractivity contribution >= 4 is 11.6 Å². The summed E-state index contributed by atoms with van der Waals surface area (Å²) in [5, 5.41) is 19.1. The van der Waals surface area contributed by atoms with Gasteiger partial charge in [-0.1, -0.05) is 23.7 Å². The van der Waals surface area contributed by atoms with Crippen LogP contribution in [0.1, 0.15) is 11.9 Å². The first-order chi connectivity index (χ1) is 8.19. The van der Waals surface area contributed by atoms with E-state index in [1.807, 2.05) is 12.1 Å². The Kier molecular flexibility index (Phi) is 4.01. The highest BCUT2D eigenvalue weighted by Gasteiger charge is 2.36. The topological polar surface area (TPSA) is 58.9 Å². The molecule has 0 saturated carbocycles. The molecule has 1 saturated heterocycles. The molecule has 0 atom stereocenters. The third-order valence-corrected chi connectivity index (χ3v) is 3.15.